The molecule has 0 saturated heterocycles. The van der Waals surface area contributed by atoms with Crippen molar-refractivity contribution in [2.24, 2.45) is 0 Å². The SMILES string of the molecule is CN(C)CCc1c[nH]c2ccc(C=O)cc12. The lowest BCUT2D eigenvalue weighted by atomic mass is 10.1. The number of nitrogens with one attached hydrogen (secondary N) is 1. The van der Waals surface area contributed by atoms with Gasteiger partial charge < -0.3 is 9.88 Å². The molecule has 0 aliphatic heterocycles. The fourth-order valence-corrected chi connectivity index (χ4v) is 1.82. The maximum Gasteiger partial charge on any atom is 0.150 e. The standard InChI is InChI=1S/C13H16N2O/c1-15(2)6-5-11-8-14-13-4-3-10(9-16)7-12(11)13/h3-4,7-9,14H,5-6H2,1-2H3. The van der Waals surface area contributed by atoms with E-state index in [4.69, 9.17) is 0 Å². The molecule has 2 aromatic rings. The number of carbonyl (C=O) groups is 1. The van der Waals surface area contributed by atoms with Crippen LogP contribution in [0.25, 0.3) is 10.9 Å². The summed E-state index contributed by atoms with van der Waals surface area (Å²) in [7, 11) is 4.12. The van der Waals surface area contributed by atoms with Gasteiger partial charge >= 0.3 is 0 Å². The van der Waals surface area contributed by atoms with Crippen molar-refractivity contribution in [3.63, 3.8) is 0 Å². The summed E-state index contributed by atoms with van der Waals surface area (Å²) in [6.45, 7) is 1.01. The van der Waals surface area contributed by atoms with Crippen LogP contribution >= 0.6 is 0 Å². The Balaban J connectivity index is 2.34. The van der Waals surface area contributed by atoms with Crippen LogP contribution in [0.3, 0.4) is 0 Å². The van der Waals surface area contributed by atoms with Crippen LogP contribution in [-0.4, -0.2) is 36.8 Å². The molecule has 84 valence electrons. The molecular weight excluding hydrogens is 200 g/mol. The Morgan fingerprint density at radius 1 is 1.38 bits per heavy atom. The summed E-state index contributed by atoms with van der Waals surface area (Å²) in [5.41, 5.74) is 3.10. The smallest absolute Gasteiger partial charge is 0.150 e. The van der Waals surface area contributed by atoms with E-state index in [-0.39, 0.29) is 0 Å². The van der Waals surface area contributed by atoms with Gasteiger partial charge in [0.25, 0.3) is 0 Å². The molecule has 0 bridgehead atoms. The molecular formula is C13H16N2O. The van der Waals surface area contributed by atoms with Gasteiger partial charge in [0.1, 0.15) is 6.29 Å². The first-order valence-corrected chi connectivity index (χ1v) is 5.40. The van der Waals surface area contributed by atoms with Crippen LogP contribution in [0.1, 0.15) is 15.9 Å². The lowest BCUT2D eigenvalue weighted by Crippen LogP contribution is -2.14. The normalized spacial score (nSPS) is 11.2. The Morgan fingerprint density at radius 3 is 2.88 bits per heavy atom. The van der Waals surface area contributed by atoms with Crippen LogP contribution < -0.4 is 0 Å². The predicted molar refractivity (Wildman–Crippen MR) is 65.9 cm³/mol. The van der Waals surface area contributed by atoms with Crippen molar-refractivity contribution >= 4 is 17.2 Å². The number of aldehydes is 1. The van der Waals surface area contributed by atoms with Gasteiger partial charge in [0.15, 0.2) is 0 Å². The molecule has 3 nitrogen and oxygen atoms in total. The van der Waals surface area contributed by atoms with E-state index >= 15 is 0 Å². The first-order chi connectivity index (χ1) is 7.70. The molecule has 3 heteroatoms. The molecule has 0 radical (unpaired) electrons. The summed E-state index contributed by atoms with van der Waals surface area (Å²) in [4.78, 5) is 16.1. The summed E-state index contributed by atoms with van der Waals surface area (Å²) >= 11 is 0. The molecule has 0 aliphatic rings. The maximum atomic E-state index is 10.7. The molecule has 0 aliphatic carbocycles. The van der Waals surface area contributed by atoms with Crippen LogP contribution in [0.2, 0.25) is 0 Å². The van der Waals surface area contributed by atoms with Gasteiger partial charge in [0.2, 0.25) is 0 Å². The van der Waals surface area contributed by atoms with Gasteiger partial charge in [-0.25, -0.2) is 0 Å². The number of H-pyrrole nitrogens is 1. The van der Waals surface area contributed by atoms with E-state index in [1.54, 1.807) is 0 Å². The fraction of sp³-hybridized carbons (Fsp3) is 0.308. The monoisotopic (exact) mass is 216 g/mol. The number of rotatable bonds is 4. The average molecular weight is 216 g/mol. The number of aromatic nitrogens is 1. The highest BCUT2D eigenvalue weighted by molar-refractivity contribution is 5.89. The molecule has 1 heterocycles. The number of fused-ring (bicyclic) bond motifs is 1. The topological polar surface area (TPSA) is 36.1 Å². The zero-order valence-corrected chi connectivity index (χ0v) is 9.66. The molecule has 0 fully saturated rings. The molecule has 0 amide bonds. The summed E-state index contributed by atoms with van der Waals surface area (Å²) < 4.78 is 0. The molecule has 1 N–H and O–H groups in total. The van der Waals surface area contributed by atoms with Crippen molar-refractivity contribution in [1.29, 1.82) is 0 Å². The number of aromatic amines is 1. The van der Waals surface area contributed by atoms with Gasteiger partial charge in [-0.1, -0.05) is 0 Å². The number of hydrogen-bond donors (Lipinski definition) is 1. The highest BCUT2D eigenvalue weighted by Gasteiger charge is 2.04. The van der Waals surface area contributed by atoms with Crippen LogP contribution in [-0.2, 0) is 6.42 Å². The van der Waals surface area contributed by atoms with Gasteiger partial charge in [0.05, 0.1) is 0 Å². The van der Waals surface area contributed by atoms with E-state index in [0.29, 0.717) is 0 Å². The second-order valence-electron chi connectivity index (χ2n) is 4.29. The second-order valence-corrected chi connectivity index (χ2v) is 4.29. The van der Waals surface area contributed by atoms with Crippen molar-refractivity contribution in [2.75, 3.05) is 20.6 Å². The number of benzene rings is 1. The third-order valence-corrected chi connectivity index (χ3v) is 2.76. The third kappa shape index (κ3) is 2.14. The van der Waals surface area contributed by atoms with E-state index < -0.39 is 0 Å². The molecule has 1 aromatic heterocycles. The van der Waals surface area contributed by atoms with E-state index in [2.05, 4.69) is 24.0 Å². The van der Waals surface area contributed by atoms with Gasteiger partial charge in [0, 0.05) is 29.2 Å². The molecule has 0 unspecified atom stereocenters. The third-order valence-electron chi connectivity index (χ3n) is 2.76. The van der Waals surface area contributed by atoms with E-state index in [1.807, 2.05) is 24.4 Å². The van der Waals surface area contributed by atoms with Crippen molar-refractivity contribution in [1.82, 2.24) is 9.88 Å². The van der Waals surface area contributed by atoms with E-state index in [0.717, 1.165) is 35.7 Å². The van der Waals surface area contributed by atoms with Crippen LogP contribution in [0, 0.1) is 0 Å². The van der Waals surface area contributed by atoms with Crippen molar-refractivity contribution in [3.8, 4) is 0 Å². The molecule has 16 heavy (non-hydrogen) atoms. The Hall–Kier alpha value is -1.61. The Labute approximate surface area is 95.1 Å². The van der Waals surface area contributed by atoms with Gasteiger partial charge in [-0.05, 0) is 44.3 Å². The Morgan fingerprint density at radius 2 is 2.19 bits per heavy atom. The number of carbonyl (C=O) groups excluding carboxylic acids is 1. The quantitative estimate of drug-likeness (QED) is 0.794. The highest BCUT2D eigenvalue weighted by atomic mass is 16.1. The fourth-order valence-electron chi connectivity index (χ4n) is 1.82. The Kier molecular flexibility index (Phi) is 3.06. The summed E-state index contributed by atoms with van der Waals surface area (Å²) in [5.74, 6) is 0. The average Bonchev–Trinajstić information content (AvgIpc) is 2.68. The zero-order valence-electron chi connectivity index (χ0n) is 9.66. The number of likely N-dealkylation sites (N-methyl/N-ethyl adjacent to an activating group) is 1. The largest absolute Gasteiger partial charge is 0.361 e. The molecule has 2 rings (SSSR count). The first kappa shape index (κ1) is 10.9. The summed E-state index contributed by atoms with van der Waals surface area (Å²) in [5, 5.41) is 1.16. The molecule has 1 aromatic carbocycles. The van der Waals surface area contributed by atoms with Crippen LogP contribution in [0.4, 0.5) is 0 Å². The lowest BCUT2D eigenvalue weighted by Gasteiger charge is -2.08. The van der Waals surface area contributed by atoms with Crippen LogP contribution in [0.15, 0.2) is 24.4 Å². The summed E-state index contributed by atoms with van der Waals surface area (Å²) in [6.07, 6.45) is 3.92. The van der Waals surface area contributed by atoms with Crippen LogP contribution in [0.5, 0.6) is 0 Å². The number of nitrogens with zero attached hydrogens (tertiary/aromatic N) is 1. The lowest BCUT2D eigenvalue weighted by molar-refractivity contribution is 0.112. The van der Waals surface area contributed by atoms with Crippen molar-refractivity contribution in [2.45, 2.75) is 6.42 Å². The highest BCUT2D eigenvalue weighted by Crippen LogP contribution is 2.19. The van der Waals surface area contributed by atoms with Gasteiger partial charge in [-0.3, -0.25) is 4.79 Å². The van der Waals surface area contributed by atoms with Crippen molar-refractivity contribution in [3.05, 3.63) is 35.5 Å². The van der Waals surface area contributed by atoms with Gasteiger partial charge in [-0.15, -0.1) is 0 Å². The molecule has 0 atom stereocenters. The van der Waals surface area contributed by atoms with E-state index in [9.17, 15) is 4.79 Å². The van der Waals surface area contributed by atoms with Crippen molar-refractivity contribution < 1.29 is 4.79 Å². The Bertz CT molecular complexity index is 500. The number of hydrogen-bond acceptors (Lipinski definition) is 2. The molecule has 0 saturated carbocycles. The first-order valence-electron chi connectivity index (χ1n) is 5.40. The minimum Gasteiger partial charge on any atom is -0.361 e. The zero-order chi connectivity index (χ0) is 11.5. The predicted octanol–water partition coefficient (Wildman–Crippen LogP) is 2.08. The minimum absolute atomic E-state index is 0.734. The van der Waals surface area contributed by atoms with Gasteiger partial charge in [-0.2, -0.15) is 0 Å². The minimum atomic E-state index is 0.734. The maximum absolute atomic E-state index is 10.7. The summed E-state index contributed by atoms with van der Waals surface area (Å²) in [6, 6.07) is 5.74. The molecule has 0 spiro atoms. The van der Waals surface area contributed by atoms with E-state index in [1.165, 1.54) is 5.56 Å². The second kappa shape index (κ2) is 4.49.